The molecule has 0 aliphatic carbocycles. The number of nitrogen functional groups attached to an aromatic ring is 1. The zero-order valence-electron chi connectivity index (χ0n) is 13.4. The molecule has 2 N–H and O–H groups in total. The second-order valence-corrected chi connectivity index (χ2v) is 5.72. The van der Waals surface area contributed by atoms with E-state index in [0.717, 1.165) is 32.5 Å². The maximum Gasteiger partial charge on any atom is 0.323 e. The SMILES string of the molecule is CCN1CCC(N(C)c2nc(N)nc(OC(C)C)n2)CC1. The number of hydrogen-bond acceptors (Lipinski definition) is 7. The van der Waals surface area contributed by atoms with Gasteiger partial charge in [0.15, 0.2) is 0 Å². The molecule has 118 valence electrons. The summed E-state index contributed by atoms with van der Waals surface area (Å²) < 4.78 is 5.53. The Morgan fingerprint density at radius 2 is 1.95 bits per heavy atom. The molecule has 7 heteroatoms. The normalized spacial score (nSPS) is 17.2. The molecule has 2 rings (SSSR count). The molecule has 2 heterocycles. The van der Waals surface area contributed by atoms with E-state index in [1.165, 1.54) is 0 Å². The third kappa shape index (κ3) is 4.17. The van der Waals surface area contributed by atoms with Crippen LogP contribution in [0.4, 0.5) is 11.9 Å². The Labute approximate surface area is 126 Å². The molecule has 21 heavy (non-hydrogen) atoms. The summed E-state index contributed by atoms with van der Waals surface area (Å²) in [5.41, 5.74) is 5.77. The van der Waals surface area contributed by atoms with E-state index in [0.29, 0.717) is 18.0 Å². The number of piperidine rings is 1. The molecule has 1 fully saturated rings. The van der Waals surface area contributed by atoms with Gasteiger partial charge in [-0.3, -0.25) is 0 Å². The van der Waals surface area contributed by atoms with Crippen molar-refractivity contribution in [3.8, 4) is 6.01 Å². The Bertz CT molecular complexity index is 459. The van der Waals surface area contributed by atoms with E-state index in [-0.39, 0.29) is 12.1 Å². The van der Waals surface area contributed by atoms with E-state index in [4.69, 9.17) is 10.5 Å². The Morgan fingerprint density at radius 3 is 2.52 bits per heavy atom. The Morgan fingerprint density at radius 1 is 1.29 bits per heavy atom. The minimum Gasteiger partial charge on any atom is -0.461 e. The number of rotatable bonds is 5. The van der Waals surface area contributed by atoms with Crippen LogP contribution in [0.2, 0.25) is 0 Å². The lowest BCUT2D eigenvalue weighted by Crippen LogP contribution is -2.44. The minimum atomic E-state index is 0.0118. The highest BCUT2D eigenvalue weighted by Gasteiger charge is 2.24. The van der Waals surface area contributed by atoms with Crippen molar-refractivity contribution in [2.45, 2.75) is 45.8 Å². The fourth-order valence-electron chi connectivity index (χ4n) is 2.57. The summed E-state index contributed by atoms with van der Waals surface area (Å²) in [6.45, 7) is 9.41. The fourth-order valence-corrected chi connectivity index (χ4v) is 2.57. The van der Waals surface area contributed by atoms with E-state index in [9.17, 15) is 0 Å². The summed E-state index contributed by atoms with van der Waals surface area (Å²) in [7, 11) is 2.01. The van der Waals surface area contributed by atoms with Crippen molar-refractivity contribution in [2.75, 3.05) is 37.3 Å². The summed E-state index contributed by atoms with van der Waals surface area (Å²) in [6.07, 6.45) is 2.23. The molecular weight excluding hydrogens is 268 g/mol. The molecule has 0 aromatic carbocycles. The molecule has 0 radical (unpaired) electrons. The van der Waals surface area contributed by atoms with Gasteiger partial charge in [-0.15, -0.1) is 0 Å². The second kappa shape index (κ2) is 6.89. The van der Waals surface area contributed by atoms with Gasteiger partial charge in [-0.2, -0.15) is 15.0 Å². The zero-order chi connectivity index (χ0) is 15.4. The molecule has 1 saturated heterocycles. The Hall–Kier alpha value is -1.63. The van der Waals surface area contributed by atoms with Crippen molar-refractivity contribution in [3.05, 3.63) is 0 Å². The average Bonchev–Trinajstić information content (AvgIpc) is 2.45. The van der Waals surface area contributed by atoms with E-state index in [2.05, 4.69) is 31.7 Å². The summed E-state index contributed by atoms with van der Waals surface area (Å²) in [5, 5.41) is 0. The van der Waals surface area contributed by atoms with Gasteiger partial charge >= 0.3 is 6.01 Å². The van der Waals surface area contributed by atoms with E-state index < -0.39 is 0 Å². The van der Waals surface area contributed by atoms with Gasteiger partial charge in [0.25, 0.3) is 0 Å². The lowest BCUT2D eigenvalue weighted by Gasteiger charge is -2.36. The van der Waals surface area contributed by atoms with Crippen molar-refractivity contribution in [2.24, 2.45) is 0 Å². The molecule has 1 aliphatic heterocycles. The van der Waals surface area contributed by atoms with Crippen molar-refractivity contribution >= 4 is 11.9 Å². The zero-order valence-corrected chi connectivity index (χ0v) is 13.4. The summed E-state index contributed by atoms with van der Waals surface area (Å²) in [6, 6.07) is 0.729. The summed E-state index contributed by atoms with van der Waals surface area (Å²) >= 11 is 0. The van der Waals surface area contributed by atoms with Crippen molar-refractivity contribution < 1.29 is 4.74 Å². The largest absolute Gasteiger partial charge is 0.461 e. The van der Waals surface area contributed by atoms with Crippen molar-refractivity contribution in [3.63, 3.8) is 0 Å². The topological polar surface area (TPSA) is 80.4 Å². The number of nitrogens with two attached hydrogens (primary N) is 1. The molecule has 1 aliphatic rings. The first-order chi connectivity index (χ1) is 9.99. The van der Waals surface area contributed by atoms with Crippen LogP contribution in [-0.4, -0.2) is 58.7 Å². The summed E-state index contributed by atoms with van der Waals surface area (Å²) in [5.74, 6) is 0.793. The van der Waals surface area contributed by atoms with Gasteiger partial charge < -0.3 is 20.3 Å². The van der Waals surface area contributed by atoms with Gasteiger partial charge in [-0.25, -0.2) is 0 Å². The first-order valence-corrected chi connectivity index (χ1v) is 7.63. The quantitative estimate of drug-likeness (QED) is 0.872. The molecule has 1 aromatic rings. The van der Waals surface area contributed by atoms with E-state index in [1.54, 1.807) is 0 Å². The Kier molecular flexibility index (Phi) is 5.17. The second-order valence-electron chi connectivity index (χ2n) is 5.72. The van der Waals surface area contributed by atoms with Crippen LogP contribution in [0.15, 0.2) is 0 Å². The average molecular weight is 294 g/mol. The number of hydrogen-bond donors (Lipinski definition) is 1. The van der Waals surface area contributed by atoms with Crippen molar-refractivity contribution in [1.29, 1.82) is 0 Å². The van der Waals surface area contributed by atoms with E-state index >= 15 is 0 Å². The molecule has 0 atom stereocenters. The Balaban J connectivity index is 2.08. The monoisotopic (exact) mass is 294 g/mol. The summed E-state index contributed by atoms with van der Waals surface area (Å²) in [4.78, 5) is 17.2. The maximum absolute atomic E-state index is 5.77. The lowest BCUT2D eigenvalue weighted by atomic mass is 10.0. The molecule has 7 nitrogen and oxygen atoms in total. The predicted molar refractivity (Wildman–Crippen MR) is 83.5 cm³/mol. The first-order valence-electron chi connectivity index (χ1n) is 7.63. The lowest BCUT2D eigenvalue weighted by molar-refractivity contribution is 0.216. The predicted octanol–water partition coefficient (Wildman–Crippen LogP) is 1.16. The number of aromatic nitrogens is 3. The van der Waals surface area contributed by atoms with Crippen LogP contribution >= 0.6 is 0 Å². The molecular formula is C14H26N6O. The van der Waals surface area contributed by atoms with Gasteiger partial charge in [-0.05, 0) is 33.2 Å². The van der Waals surface area contributed by atoms with Gasteiger partial charge in [0.05, 0.1) is 6.10 Å². The van der Waals surface area contributed by atoms with Gasteiger partial charge in [0.1, 0.15) is 0 Å². The fraction of sp³-hybridized carbons (Fsp3) is 0.786. The van der Waals surface area contributed by atoms with Gasteiger partial charge in [0, 0.05) is 26.2 Å². The van der Waals surface area contributed by atoms with Crippen LogP contribution in [0, 0.1) is 0 Å². The number of nitrogens with zero attached hydrogens (tertiary/aromatic N) is 5. The molecule has 0 spiro atoms. The molecule has 0 amide bonds. The van der Waals surface area contributed by atoms with Crippen molar-refractivity contribution in [1.82, 2.24) is 19.9 Å². The molecule has 1 aromatic heterocycles. The molecule has 0 bridgehead atoms. The van der Waals surface area contributed by atoms with E-state index in [1.807, 2.05) is 20.9 Å². The van der Waals surface area contributed by atoms with Crippen LogP contribution in [0.1, 0.15) is 33.6 Å². The third-order valence-corrected chi connectivity index (χ3v) is 3.83. The van der Waals surface area contributed by atoms with Crippen LogP contribution in [0.5, 0.6) is 6.01 Å². The highest BCUT2D eigenvalue weighted by atomic mass is 16.5. The first kappa shape index (κ1) is 15.8. The van der Waals surface area contributed by atoms with Crippen LogP contribution in [0.25, 0.3) is 0 Å². The highest BCUT2D eigenvalue weighted by molar-refractivity contribution is 5.36. The molecule has 0 unspecified atom stereocenters. The smallest absolute Gasteiger partial charge is 0.323 e. The number of ether oxygens (including phenoxy) is 1. The number of anilines is 2. The highest BCUT2D eigenvalue weighted by Crippen LogP contribution is 2.21. The van der Waals surface area contributed by atoms with Crippen LogP contribution < -0.4 is 15.4 Å². The third-order valence-electron chi connectivity index (χ3n) is 3.83. The molecule has 0 saturated carbocycles. The van der Waals surface area contributed by atoms with Gasteiger partial charge in [0.2, 0.25) is 11.9 Å². The van der Waals surface area contributed by atoms with Gasteiger partial charge in [-0.1, -0.05) is 6.92 Å². The maximum atomic E-state index is 5.77. The van der Waals surface area contributed by atoms with Crippen LogP contribution in [0.3, 0.4) is 0 Å². The van der Waals surface area contributed by atoms with Crippen LogP contribution in [-0.2, 0) is 0 Å². The standard InChI is InChI=1S/C14H26N6O/c1-5-20-8-6-11(7-9-20)19(4)13-16-12(15)17-14(18-13)21-10(2)3/h10-11H,5-9H2,1-4H3,(H2,15,16,17,18). The number of likely N-dealkylation sites (tertiary alicyclic amines) is 1. The minimum absolute atomic E-state index is 0.0118.